The van der Waals surface area contributed by atoms with E-state index in [0.29, 0.717) is 18.4 Å². The van der Waals surface area contributed by atoms with Crippen molar-refractivity contribution >= 4 is 17.5 Å². The summed E-state index contributed by atoms with van der Waals surface area (Å²) in [7, 11) is 1.59. The van der Waals surface area contributed by atoms with Gasteiger partial charge in [-0.15, -0.1) is 11.6 Å². The van der Waals surface area contributed by atoms with Gasteiger partial charge in [-0.3, -0.25) is 4.79 Å². The first kappa shape index (κ1) is 13.7. The first-order chi connectivity index (χ1) is 6.52. The number of hydrogen-bond donors (Lipinski definition) is 1. The smallest absolute Gasteiger partial charge is 0.223 e. The Morgan fingerprint density at radius 3 is 2.36 bits per heavy atom. The summed E-state index contributed by atoms with van der Waals surface area (Å²) in [5.74, 6) is 0.776. The van der Waals surface area contributed by atoms with Crippen molar-refractivity contribution in [3.05, 3.63) is 0 Å². The molecule has 0 rings (SSSR count). The molecule has 0 aromatic heterocycles. The third kappa shape index (κ3) is 4.82. The van der Waals surface area contributed by atoms with E-state index in [1.807, 2.05) is 20.8 Å². The van der Waals surface area contributed by atoms with Crippen LogP contribution in [0, 0.1) is 11.8 Å². The molecule has 1 amide bonds. The average molecular weight is 222 g/mol. The Labute approximate surface area is 91.2 Å². The molecular weight excluding hydrogens is 202 g/mol. The SMILES string of the molecule is COCC(CCl)NC(=O)C(C)C(C)C. The predicted octanol–water partition coefficient (Wildman–Crippen LogP) is 1.65. The monoisotopic (exact) mass is 221 g/mol. The Hall–Kier alpha value is -0.280. The van der Waals surface area contributed by atoms with Gasteiger partial charge in [-0.2, -0.15) is 0 Å². The van der Waals surface area contributed by atoms with Gasteiger partial charge >= 0.3 is 0 Å². The summed E-state index contributed by atoms with van der Waals surface area (Å²) in [4.78, 5) is 11.6. The minimum absolute atomic E-state index is 0.0116. The Kier molecular flexibility index (Phi) is 6.93. The van der Waals surface area contributed by atoms with E-state index in [-0.39, 0.29) is 17.9 Å². The van der Waals surface area contributed by atoms with Crippen molar-refractivity contribution in [2.24, 2.45) is 11.8 Å². The van der Waals surface area contributed by atoms with Gasteiger partial charge in [0.25, 0.3) is 0 Å². The number of carbonyl (C=O) groups excluding carboxylic acids is 1. The van der Waals surface area contributed by atoms with Crippen molar-refractivity contribution in [3.8, 4) is 0 Å². The number of ether oxygens (including phenoxy) is 1. The minimum atomic E-state index is -0.0876. The van der Waals surface area contributed by atoms with E-state index in [2.05, 4.69) is 5.32 Å². The summed E-state index contributed by atoms with van der Waals surface area (Å²) in [6, 6.07) is -0.0876. The first-order valence-corrected chi connectivity index (χ1v) is 5.41. The third-order valence-electron chi connectivity index (χ3n) is 2.31. The molecule has 84 valence electrons. The molecule has 0 radical (unpaired) electrons. The summed E-state index contributed by atoms with van der Waals surface area (Å²) in [5, 5.41) is 2.85. The van der Waals surface area contributed by atoms with Crippen molar-refractivity contribution in [1.82, 2.24) is 5.32 Å². The fraction of sp³-hybridized carbons (Fsp3) is 0.900. The van der Waals surface area contributed by atoms with E-state index in [1.165, 1.54) is 0 Å². The Morgan fingerprint density at radius 2 is 2.00 bits per heavy atom. The average Bonchev–Trinajstić information content (AvgIpc) is 2.15. The first-order valence-electron chi connectivity index (χ1n) is 4.88. The van der Waals surface area contributed by atoms with Gasteiger partial charge in [-0.1, -0.05) is 20.8 Å². The molecule has 0 aromatic rings. The highest BCUT2D eigenvalue weighted by Crippen LogP contribution is 2.09. The minimum Gasteiger partial charge on any atom is -0.383 e. The normalized spacial score (nSPS) is 15.3. The number of methoxy groups -OCH3 is 1. The van der Waals surface area contributed by atoms with Crippen LogP contribution in [0.25, 0.3) is 0 Å². The maximum atomic E-state index is 11.6. The van der Waals surface area contributed by atoms with Gasteiger partial charge in [0, 0.05) is 18.9 Å². The summed E-state index contributed by atoms with van der Waals surface area (Å²) in [5.41, 5.74) is 0. The zero-order valence-corrected chi connectivity index (χ0v) is 10.1. The van der Waals surface area contributed by atoms with Gasteiger partial charge in [0.1, 0.15) is 0 Å². The molecule has 2 atom stereocenters. The van der Waals surface area contributed by atoms with Crippen LogP contribution in [0.2, 0.25) is 0 Å². The largest absolute Gasteiger partial charge is 0.383 e. The summed E-state index contributed by atoms with van der Waals surface area (Å²) >= 11 is 5.68. The fourth-order valence-electron chi connectivity index (χ4n) is 0.961. The second kappa shape index (κ2) is 7.07. The molecule has 4 heteroatoms. The summed E-state index contributed by atoms with van der Waals surface area (Å²) in [6.07, 6.45) is 0. The van der Waals surface area contributed by atoms with Gasteiger partial charge in [-0.05, 0) is 5.92 Å². The molecule has 0 aliphatic heterocycles. The van der Waals surface area contributed by atoms with Gasteiger partial charge in [0.05, 0.1) is 12.6 Å². The molecular formula is C10H20ClNO2. The molecule has 3 nitrogen and oxygen atoms in total. The Morgan fingerprint density at radius 1 is 1.43 bits per heavy atom. The number of rotatable bonds is 6. The molecule has 0 bridgehead atoms. The van der Waals surface area contributed by atoms with E-state index in [4.69, 9.17) is 16.3 Å². The maximum absolute atomic E-state index is 11.6. The van der Waals surface area contributed by atoms with Crippen LogP contribution in [0.15, 0.2) is 0 Å². The quantitative estimate of drug-likeness (QED) is 0.693. The number of halogens is 1. The highest BCUT2D eigenvalue weighted by molar-refractivity contribution is 6.18. The number of alkyl halides is 1. The van der Waals surface area contributed by atoms with Crippen LogP contribution in [0.3, 0.4) is 0 Å². The number of amides is 1. The predicted molar refractivity (Wildman–Crippen MR) is 58.5 cm³/mol. The zero-order chi connectivity index (χ0) is 11.1. The Bertz CT molecular complexity index is 174. The van der Waals surface area contributed by atoms with Crippen molar-refractivity contribution in [2.45, 2.75) is 26.8 Å². The third-order valence-corrected chi connectivity index (χ3v) is 2.69. The lowest BCUT2D eigenvalue weighted by Gasteiger charge is -2.20. The molecule has 0 saturated carbocycles. The number of hydrogen-bond acceptors (Lipinski definition) is 2. The molecule has 0 aliphatic rings. The summed E-state index contributed by atoms with van der Waals surface area (Å²) in [6.45, 7) is 6.42. The summed E-state index contributed by atoms with van der Waals surface area (Å²) < 4.78 is 4.94. The van der Waals surface area contributed by atoms with Gasteiger partial charge in [0.2, 0.25) is 5.91 Å². The molecule has 14 heavy (non-hydrogen) atoms. The van der Waals surface area contributed by atoms with E-state index >= 15 is 0 Å². The molecule has 0 spiro atoms. The second-order valence-electron chi connectivity index (χ2n) is 3.85. The van der Waals surface area contributed by atoms with Gasteiger partial charge < -0.3 is 10.1 Å². The number of nitrogens with one attached hydrogen (secondary N) is 1. The lowest BCUT2D eigenvalue weighted by atomic mass is 9.97. The van der Waals surface area contributed by atoms with Crippen molar-refractivity contribution in [3.63, 3.8) is 0 Å². The fourth-order valence-corrected chi connectivity index (χ4v) is 1.13. The number of carbonyl (C=O) groups is 1. The van der Waals surface area contributed by atoms with Crippen molar-refractivity contribution < 1.29 is 9.53 Å². The van der Waals surface area contributed by atoms with Crippen LogP contribution in [0.1, 0.15) is 20.8 Å². The van der Waals surface area contributed by atoms with Gasteiger partial charge in [0.15, 0.2) is 0 Å². The molecule has 0 aliphatic carbocycles. The molecule has 0 aromatic carbocycles. The van der Waals surface area contributed by atoms with Gasteiger partial charge in [-0.25, -0.2) is 0 Å². The van der Waals surface area contributed by atoms with Crippen LogP contribution in [-0.2, 0) is 9.53 Å². The van der Waals surface area contributed by atoms with Crippen molar-refractivity contribution in [2.75, 3.05) is 19.6 Å². The van der Waals surface area contributed by atoms with Crippen molar-refractivity contribution in [1.29, 1.82) is 0 Å². The van der Waals surface area contributed by atoms with E-state index in [0.717, 1.165) is 0 Å². The molecule has 1 N–H and O–H groups in total. The lowest BCUT2D eigenvalue weighted by Crippen LogP contribution is -2.43. The lowest BCUT2D eigenvalue weighted by molar-refractivity contribution is -0.126. The standard InChI is InChI=1S/C10H20ClNO2/c1-7(2)8(3)10(13)12-9(5-11)6-14-4/h7-9H,5-6H2,1-4H3,(H,12,13). The van der Waals surface area contributed by atoms with E-state index in [1.54, 1.807) is 7.11 Å². The van der Waals surface area contributed by atoms with Crippen LogP contribution in [0.5, 0.6) is 0 Å². The van der Waals surface area contributed by atoms with Crippen LogP contribution < -0.4 is 5.32 Å². The molecule has 0 saturated heterocycles. The Balaban J connectivity index is 4.01. The topological polar surface area (TPSA) is 38.3 Å². The molecule has 0 fully saturated rings. The highest BCUT2D eigenvalue weighted by Gasteiger charge is 2.19. The van der Waals surface area contributed by atoms with E-state index in [9.17, 15) is 4.79 Å². The second-order valence-corrected chi connectivity index (χ2v) is 4.16. The van der Waals surface area contributed by atoms with Crippen LogP contribution in [-0.4, -0.2) is 31.5 Å². The van der Waals surface area contributed by atoms with E-state index < -0.39 is 0 Å². The van der Waals surface area contributed by atoms with Crippen LogP contribution >= 0.6 is 11.6 Å². The molecule has 2 unspecified atom stereocenters. The maximum Gasteiger partial charge on any atom is 0.223 e. The highest BCUT2D eigenvalue weighted by atomic mass is 35.5. The van der Waals surface area contributed by atoms with Crippen LogP contribution in [0.4, 0.5) is 0 Å². The molecule has 0 heterocycles. The zero-order valence-electron chi connectivity index (χ0n) is 9.34.